The van der Waals surface area contributed by atoms with Crippen LogP contribution in [0.15, 0.2) is 34.6 Å². The lowest BCUT2D eigenvalue weighted by molar-refractivity contribution is -0.244. The van der Waals surface area contributed by atoms with Crippen molar-refractivity contribution in [2.45, 2.75) is 57.7 Å². The van der Waals surface area contributed by atoms with Crippen molar-refractivity contribution in [3.63, 3.8) is 0 Å². The maximum absolute atomic E-state index is 10.4. The van der Waals surface area contributed by atoms with Gasteiger partial charge in [-0.2, -0.15) is 5.06 Å². The second-order valence-electron chi connectivity index (χ2n) is 7.10. The summed E-state index contributed by atoms with van der Waals surface area (Å²) in [5.41, 5.74) is -0.489. The molecule has 0 aromatic rings. The number of allylic oxidation sites excluding steroid dienone is 1. The molecule has 0 atom stereocenters. The molecule has 0 aliphatic carbocycles. The minimum atomic E-state index is -0.244. The van der Waals surface area contributed by atoms with Gasteiger partial charge in [0.1, 0.15) is 0 Å². The molecule has 7 heteroatoms. The molecule has 3 aliphatic heterocycles. The Morgan fingerprint density at radius 1 is 1.09 bits per heavy atom. The van der Waals surface area contributed by atoms with Crippen LogP contribution in [0.3, 0.4) is 0 Å². The molecule has 23 heavy (non-hydrogen) atoms. The van der Waals surface area contributed by atoms with Crippen molar-refractivity contribution >= 4 is 53.3 Å². The average Bonchev–Trinajstić information content (AvgIpc) is 3.12. The van der Waals surface area contributed by atoms with Gasteiger partial charge in [0.2, 0.25) is 0 Å². The molecule has 126 valence electrons. The molecule has 3 heterocycles. The van der Waals surface area contributed by atoms with E-state index in [0.29, 0.717) is 0 Å². The molecule has 0 radical (unpaired) electrons. The van der Waals surface area contributed by atoms with Crippen LogP contribution in [0.5, 0.6) is 0 Å². The topological polar surface area (TPSA) is 35.8 Å². The highest BCUT2D eigenvalue weighted by atomic mass is 32.2. The van der Waals surface area contributed by atoms with E-state index in [0.717, 1.165) is 12.8 Å². The van der Waals surface area contributed by atoms with Gasteiger partial charge in [0, 0.05) is 22.2 Å². The highest BCUT2D eigenvalue weighted by molar-refractivity contribution is 8.33. The van der Waals surface area contributed by atoms with Gasteiger partial charge in [-0.25, -0.2) is 0 Å². The molecule has 1 N–H and O–H groups in total. The maximum Gasteiger partial charge on any atom is 0.0700 e. The molecule has 0 bridgehead atoms. The highest BCUT2D eigenvalue weighted by Crippen LogP contribution is 2.52. The monoisotopic (exact) mass is 386 g/mol. The van der Waals surface area contributed by atoms with Crippen LogP contribution in [-0.4, -0.2) is 33.6 Å². The highest BCUT2D eigenvalue weighted by Gasteiger charge is 2.44. The number of rotatable bonds is 2. The Balaban J connectivity index is 1.64. The van der Waals surface area contributed by atoms with Gasteiger partial charge in [0.05, 0.1) is 14.5 Å². The third kappa shape index (κ3) is 4.07. The van der Waals surface area contributed by atoms with E-state index < -0.39 is 0 Å². The van der Waals surface area contributed by atoms with Gasteiger partial charge in [0.15, 0.2) is 0 Å². The molecule has 3 aliphatic rings. The first-order valence-electron chi connectivity index (χ1n) is 7.58. The van der Waals surface area contributed by atoms with Gasteiger partial charge in [0.25, 0.3) is 0 Å². The van der Waals surface area contributed by atoms with Crippen LogP contribution in [0.25, 0.3) is 0 Å². The zero-order valence-electron chi connectivity index (χ0n) is 13.8. The lowest BCUT2D eigenvalue weighted by atomic mass is 9.79. The zero-order valence-corrected chi connectivity index (χ0v) is 17.0. The van der Waals surface area contributed by atoms with Crippen molar-refractivity contribution in [1.82, 2.24) is 5.06 Å². The molecular formula is C16H22N2OS4. The third-order valence-electron chi connectivity index (χ3n) is 4.09. The van der Waals surface area contributed by atoms with E-state index in [4.69, 9.17) is 4.99 Å². The number of thioether (sulfide) groups is 4. The van der Waals surface area contributed by atoms with Crippen LogP contribution in [0.1, 0.15) is 40.5 Å². The SMILES string of the molecule is CC1(C)CC(N=CC2=CSC(=C3SC=CS3)S2)CC(C)(C)N1O. The van der Waals surface area contributed by atoms with Gasteiger partial charge >= 0.3 is 0 Å². The molecule has 0 spiro atoms. The zero-order chi connectivity index (χ0) is 16.7. The third-order valence-corrected chi connectivity index (χ3v) is 9.07. The first kappa shape index (κ1) is 18.0. The summed E-state index contributed by atoms with van der Waals surface area (Å²) in [6, 6.07) is 0.253. The van der Waals surface area contributed by atoms with E-state index in [-0.39, 0.29) is 17.1 Å². The van der Waals surface area contributed by atoms with Crippen LogP contribution in [0.2, 0.25) is 0 Å². The summed E-state index contributed by atoms with van der Waals surface area (Å²) < 4.78 is 2.73. The average molecular weight is 387 g/mol. The Bertz CT molecular complexity index is 579. The summed E-state index contributed by atoms with van der Waals surface area (Å²) in [4.78, 5) is 6.05. The molecule has 0 saturated carbocycles. The fourth-order valence-corrected chi connectivity index (χ4v) is 7.53. The van der Waals surface area contributed by atoms with Crippen molar-refractivity contribution in [3.05, 3.63) is 29.6 Å². The quantitative estimate of drug-likeness (QED) is 0.598. The van der Waals surface area contributed by atoms with E-state index in [2.05, 4.69) is 43.9 Å². The van der Waals surface area contributed by atoms with Crippen LogP contribution in [0, 0.1) is 0 Å². The molecular weight excluding hydrogens is 364 g/mol. The molecule has 3 nitrogen and oxygen atoms in total. The Labute approximate surface area is 155 Å². The Morgan fingerprint density at radius 3 is 2.30 bits per heavy atom. The normalized spacial score (nSPS) is 28.1. The number of aliphatic imine (C=N–C) groups is 1. The van der Waals surface area contributed by atoms with E-state index in [9.17, 15) is 5.21 Å². The summed E-state index contributed by atoms with van der Waals surface area (Å²) >= 11 is 7.20. The predicted octanol–water partition coefficient (Wildman–Crippen LogP) is 5.87. The standard InChI is InChI=1S/C16H22N2OS4/c1-15(2)7-11(8-16(3,4)18(15)19)17-9-12-10-22-14(23-12)13-20-5-6-21-13/h5-6,9-11,19H,7-8H2,1-4H3. The summed E-state index contributed by atoms with van der Waals surface area (Å²) in [5, 5.41) is 18.3. The second-order valence-corrected chi connectivity index (χ2v) is 11.4. The molecule has 3 rings (SSSR count). The predicted molar refractivity (Wildman–Crippen MR) is 108 cm³/mol. The first-order valence-corrected chi connectivity index (χ1v) is 11.0. The van der Waals surface area contributed by atoms with Crippen molar-refractivity contribution in [2.75, 3.05) is 0 Å². The van der Waals surface area contributed by atoms with Gasteiger partial charge in [-0.3, -0.25) is 4.99 Å². The Morgan fingerprint density at radius 2 is 1.70 bits per heavy atom. The minimum Gasteiger partial charge on any atom is -0.313 e. The molecule has 1 saturated heterocycles. The number of piperidine rings is 1. The summed E-state index contributed by atoms with van der Waals surface area (Å²) in [6.45, 7) is 8.33. The van der Waals surface area contributed by atoms with Crippen molar-refractivity contribution in [3.8, 4) is 0 Å². The molecule has 0 amide bonds. The van der Waals surface area contributed by atoms with Gasteiger partial charge in [-0.15, -0.1) is 0 Å². The summed E-state index contributed by atoms with van der Waals surface area (Å²) in [6.07, 6.45) is 3.77. The van der Waals surface area contributed by atoms with Crippen LogP contribution >= 0.6 is 47.0 Å². The second kappa shape index (κ2) is 6.84. The fraction of sp³-hybridized carbons (Fsp3) is 0.562. The number of nitrogens with zero attached hydrogens (tertiary/aromatic N) is 2. The number of hydrogen-bond acceptors (Lipinski definition) is 7. The van der Waals surface area contributed by atoms with Gasteiger partial charge < -0.3 is 5.21 Å². The van der Waals surface area contributed by atoms with E-state index >= 15 is 0 Å². The Hall–Kier alpha value is 0.210. The van der Waals surface area contributed by atoms with E-state index in [1.165, 1.54) is 18.4 Å². The van der Waals surface area contributed by atoms with Crippen molar-refractivity contribution < 1.29 is 5.21 Å². The number of hydrogen-bond donors (Lipinski definition) is 1. The Kier molecular flexibility index (Phi) is 5.36. The van der Waals surface area contributed by atoms with Crippen molar-refractivity contribution in [1.29, 1.82) is 0 Å². The minimum absolute atomic E-state index is 0.244. The fourth-order valence-electron chi connectivity index (χ4n) is 3.22. The summed E-state index contributed by atoms with van der Waals surface area (Å²) in [5.74, 6) is 0. The molecule has 0 unspecified atom stereocenters. The largest absolute Gasteiger partial charge is 0.313 e. The first-order chi connectivity index (χ1) is 10.8. The lowest BCUT2D eigenvalue weighted by Crippen LogP contribution is -2.59. The summed E-state index contributed by atoms with van der Waals surface area (Å²) in [7, 11) is 0. The van der Waals surface area contributed by atoms with E-state index in [1.54, 1.807) is 35.3 Å². The molecule has 0 aromatic carbocycles. The van der Waals surface area contributed by atoms with Gasteiger partial charge in [-0.05, 0) is 56.8 Å². The number of hydroxylamine groups is 2. The van der Waals surface area contributed by atoms with Crippen molar-refractivity contribution in [2.24, 2.45) is 4.99 Å². The maximum atomic E-state index is 10.4. The van der Waals surface area contributed by atoms with E-state index in [1.807, 2.05) is 18.0 Å². The molecule has 1 fully saturated rings. The van der Waals surface area contributed by atoms with Gasteiger partial charge in [-0.1, -0.05) is 47.0 Å². The van der Waals surface area contributed by atoms with Crippen LogP contribution in [0.4, 0.5) is 0 Å². The molecule has 0 aromatic heterocycles. The van der Waals surface area contributed by atoms with Crippen LogP contribution < -0.4 is 0 Å². The lowest BCUT2D eigenvalue weighted by Gasteiger charge is -2.50. The smallest absolute Gasteiger partial charge is 0.0700 e. The van der Waals surface area contributed by atoms with Crippen LogP contribution in [-0.2, 0) is 0 Å².